The Bertz CT molecular complexity index is 1730. The molecule has 3 aliphatic rings. The normalized spacial score (nSPS) is 32.3. The van der Waals surface area contributed by atoms with Gasteiger partial charge in [-0.2, -0.15) is 0 Å². The summed E-state index contributed by atoms with van der Waals surface area (Å²) in [5, 5.41) is 10.9. The van der Waals surface area contributed by atoms with Crippen LogP contribution in [0.2, 0.25) is 0 Å². The molecule has 0 amide bonds. The van der Waals surface area contributed by atoms with E-state index in [1.165, 1.54) is 0 Å². The average Bonchev–Trinajstić information content (AvgIpc) is 3.14. The van der Waals surface area contributed by atoms with E-state index in [1.54, 1.807) is 0 Å². The number of esters is 10. The second-order valence-electron chi connectivity index (χ2n) is 14.3. The van der Waals surface area contributed by atoms with Crippen LogP contribution in [0.3, 0.4) is 0 Å². The fraction of sp³-hybridized carbons (Fsp3) is 0.737. The molecule has 64 heavy (non-hydrogen) atoms. The molecule has 26 heteroatoms. The van der Waals surface area contributed by atoms with E-state index >= 15 is 0 Å². The van der Waals surface area contributed by atoms with Crippen LogP contribution in [0.1, 0.15) is 69.2 Å². The van der Waals surface area contributed by atoms with Crippen LogP contribution in [-0.4, -0.2) is 177 Å². The lowest BCUT2D eigenvalue weighted by atomic mass is 9.96. The Labute approximate surface area is 364 Å². The maximum atomic E-state index is 12.6. The third-order valence-corrected chi connectivity index (χ3v) is 8.81. The van der Waals surface area contributed by atoms with Crippen molar-refractivity contribution in [1.82, 2.24) is 0 Å². The van der Waals surface area contributed by atoms with Gasteiger partial charge in [0.25, 0.3) is 0 Å². The van der Waals surface area contributed by atoms with E-state index in [9.17, 15) is 53.1 Å². The summed E-state index contributed by atoms with van der Waals surface area (Å²) in [6.45, 7) is 7.75. The third kappa shape index (κ3) is 15.6. The molecule has 3 saturated heterocycles. The van der Waals surface area contributed by atoms with Gasteiger partial charge in [0.2, 0.25) is 0 Å². The van der Waals surface area contributed by atoms with Crippen molar-refractivity contribution in [2.24, 2.45) is 0 Å². The fourth-order valence-electron chi connectivity index (χ4n) is 6.83. The second-order valence-corrected chi connectivity index (χ2v) is 14.3. The largest absolute Gasteiger partial charge is 0.463 e. The molecule has 0 radical (unpaired) electrons. The van der Waals surface area contributed by atoms with Gasteiger partial charge < -0.3 is 76.2 Å². The van der Waals surface area contributed by atoms with Crippen molar-refractivity contribution in [3.63, 3.8) is 0 Å². The Hall–Kier alpha value is -5.54. The van der Waals surface area contributed by atoms with Crippen LogP contribution in [0.15, 0.2) is 0 Å². The lowest BCUT2D eigenvalue weighted by Gasteiger charge is -2.47. The van der Waals surface area contributed by atoms with Crippen LogP contribution in [-0.2, 0) is 119 Å². The van der Waals surface area contributed by atoms with Gasteiger partial charge in [-0.3, -0.25) is 47.9 Å². The highest BCUT2D eigenvalue weighted by atomic mass is 16.8. The summed E-state index contributed by atoms with van der Waals surface area (Å²) in [7, 11) is 0. The first-order valence-corrected chi connectivity index (χ1v) is 19.4. The molecular weight excluding hydrogens is 872 g/mol. The highest BCUT2D eigenvalue weighted by molar-refractivity contribution is 5.70. The number of aliphatic hydroxyl groups is 1. The first kappa shape index (κ1) is 52.8. The molecule has 0 aliphatic carbocycles. The summed E-state index contributed by atoms with van der Waals surface area (Å²) in [6, 6.07) is 0. The molecule has 0 aromatic carbocycles. The number of carbonyl (C=O) groups excluding carboxylic acids is 10. The van der Waals surface area contributed by atoms with E-state index < -0.39 is 172 Å². The number of hydrogen-bond donors (Lipinski definition) is 1. The zero-order valence-corrected chi connectivity index (χ0v) is 36.4. The molecule has 3 aliphatic heterocycles. The Morgan fingerprint density at radius 3 is 0.891 bits per heavy atom. The molecule has 26 nitrogen and oxygen atoms in total. The molecule has 3 heterocycles. The molecule has 0 aromatic rings. The van der Waals surface area contributed by atoms with E-state index in [-0.39, 0.29) is 0 Å². The van der Waals surface area contributed by atoms with Crippen molar-refractivity contribution >= 4 is 59.7 Å². The second kappa shape index (κ2) is 23.9. The molecule has 1 unspecified atom stereocenters. The first-order valence-electron chi connectivity index (χ1n) is 19.4. The van der Waals surface area contributed by atoms with Crippen LogP contribution in [0.25, 0.3) is 0 Å². The van der Waals surface area contributed by atoms with Crippen molar-refractivity contribution in [2.45, 2.75) is 161 Å². The number of ether oxygens (including phenoxy) is 15. The van der Waals surface area contributed by atoms with Gasteiger partial charge in [-0.15, -0.1) is 0 Å². The van der Waals surface area contributed by atoms with Gasteiger partial charge in [-0.05, 0) is 0 Å². The third-order valence-electron chi connectivity index (χ3n) is 8.81. The van der Waals surface area contributed by atoms with Gasteiger partial charge in [0.05, 0.1) is 13.2 Å². The van der Waals surface area contributed by atoms with Crippen molar-refractivity contribution in [3.05, 3.63) is 0 Å². The quantitative estimate of drug-likeness (QED) is 0.123. The van der Waals surface area contributed by atoms with E-state index in [1.807, 2.05) is 0 Å². The number of carbonyl (C=O) groups is 10. The smallest absolute Gasteiger partial charge is 0.303 e. The number of aliphatic hydroxyl groups excluding tert-OH is 1. The van der Waals surface area contributed by atoms with E-state index in [2.05, 4.69) is 0 Å². The Balaban J connectivity index is 2.11. The zero-order chi connectivity index (χ0) is 48.2. The van der Waals surface area contributed by atoms with E-state index in [0.717, 1.165) is 69.2 Å². The van der Waals surface area contributed by atoms with Crippen LogP contribution in [0, 0.1) is 0 Å². The minimum absolute atomic E-state index is 0.617. The van der Waals surface area contributed by atoms with E-state index in [4.69, 9.17) is 71.1 Å². The predicted octanol–water partition coefficient (Wildman–Crippen LogP) is -1.86. The van der Waals surface area contributed by atoms with Gasteiger partial charge in [0.1, 0.15) is 24.9 Å². The average molecular weight is 925 g/mol. The lowest BCUT2D eigenvalue weighted by Crippen LogP contribution is -2.65. The van der Waals surface area contributed by atoms with Crippen molar-refractivity contribution in [3.8, 4) is 0 Å². The van der Waals surface area contributed by atoms with Crippen molar-refractivity contribution in [1.29, 1.82) is 0 Å². The van der Waals surface area contributed by atoms with Crippen molar-refractivity contribution < 1.29 is 124 Å². The predicted molar refractivity (Wildman–Crippen MR) is 197 cm³/mol. The summed E-state index contributed by atoms with van der Waals surface area (Å²) >= 11 is 0. The molecule has 3 rings (SSSR count). The molecule has 0 spiro atoms. The monoisotopic (exact) mass is 924 g/mol. The minimum atomic E-state index is -2.02. The maximum absolute atomic E-state index is 12.6. The molecule has 3 fully saturated rings. The molecule has 0 aromatic heterocycles. The molecular formula is C38H52O26. The van der Waals surface area contributed by atoms with Crippen LogP contribution in [0.4, 0.5) is 0 Å². The fourth-order valence-corrected chi connectivity index (χ4v) is 6.83. The lowest BCUT2D eigenvalue weighted by molar-refractivity contribution is -0.343. The van der Waals surface area contributed by atoms with Crippen LogP contribution >= 0.6 is 0 Å². The summed E-state index contributed by atoms with van der Waals surface area (Å²) in [5.74, 6) is -9.38. The molecule has 15 atom stereocenters. The van der Waals surface area contributed by atoms with Crippen LogP contribution in [0.5, 0.6) is 0 Å². The molecule has 1 N–H and O–H groups in total. The highest BCUT2D eigenvalue weighted by Crippen LogP contribution is 2.35. The van der Waals surface area contributed by atoms with Gasteiger partial charge in [-0.1, -0.05) is 0 Å². The SMILES string of the molecule is CC(=O)OC[C@H]1O[C@@H](OC[C@H]2O[C@@H](OC[C@H]3OC(O)[C@H](OC(C)=O)[C@@H](OC(C)=O)[C@@H]3OC(C)=O)[C@H](OC(C)=O)[C@@H](OC(C)=O)[C@@H]2OC(C)=O)[C@H](OC(C)=O)[C@@H](OC(C)=O)[C@@H]1OC(C)=O. The van der Waals surface area contributed by atoms with Crippen LogP contribution < -0.4 is 0 Å². The summed E-state index contributed by atoms with van der Waals surface area (Å²) in [4.78, 5) is 123. The Morgan fingerprint density at radius 1 is 0.328 bits per heavy atom. The van der Waals surface area contributed by atoms with Gasteiger partial charge in [-0.25, -0.2) is 0 Å². The number of hydrogen-bond acceptors (Lipinski definition) is 26. The standard InChI is InChI=1S/C38H52O26/c1-14(39)50-11-25-28(54-16(3)41)31(57-19(6)44)34(60-22(9)47)38(63-25)52-13-26-29(55-17(4)42)32(58-20(7)45)35(61-23(10)48)37(64-26)51-12-24-27(53-15(2)40)30(56-18(5)43)33(36(49)62-24)59-21(8)46/h24-38,49H,11-13H2,1-10H3/t24-,25-,26-,27-,28-,29-,30+,31+,32+,33-,34-,35-,36?,37-,38-/m1/s1. The minimum Gasteiger partial charge on any atom is -0.463 e. The zero-order valence-electron chi connectivity index (χ0n) is 36.4. The highest BCUT2D eigenvalue weighted by Gasteiger charge is 2.57. The van der Waals surface area contributed by atoms with Gasteiger partial charge in [0, 0.05) is 69.2 Å². The number of rotatable bonds is 17. The van der Waals surface area contributed by atoms with Gasteiger partial charge >= 0.3 is 59.7 Å². The summed E-state index contributed by atoms with van der Waals surface area (Å²) < 4.78 is 83.3. The van der Waals surface area contributed by atoms with Crippen molar-refractivity contribution in [2.75, 3.05) is 19.8 Å². The van der Waals surface area contributed by atoms with E-state index in [0.29, 0.717) is 0 Å². The molecule has 360 valence electrons. The molecule has 0 saturated carbocycles. The molecule has 0 bridgehead atoms. The Kier molecular flexibility index (Phi) is 19.8. The summed E-state index contributed by atoms with van der Waals surface area (Å²) in [5.41, 5.74) is 0. The maximum Gasteiger partial charge on any atom is 0.303 e. The first-order chi connectivity index (χ1) is 29.9. The summed E-state index contributed by atoms with van der Waals surface area (Å²) in [6.07, 6.45) is -25.6. The topological polar surface area (TPSA) is 329 Å². The Morgan fingerprint density at radius 2 is 0.578 bits per heavy atom. The van der Waals surface area contributed by atoms with Gasteiger partial charge in [0.15, 0.2) is 73.8 Å².